The van der Waals surface area contributed by atoms with Gasteiger partial charge in [-0.25, -0.2) is 15.0 Å². The summed E-state index contributed by atoms with van der Waals surface area (Å²) in [7, 11) is 0. The third kappa shape index (κ3) is 4.81. The van der Waals surface area contributed by atoms with E-state index in [9.17, 15) is 0 Å². The fourth-order valence-corrected chi connectivity index (χ4v) is 8.65. The second-order valence-corrected chi connectivity index (χ2v) is 14.4. The molecule has 0 atom stereocenters. The minimum Gasteiger partial charge on any atom is -0.454 e. The van der Waals surface area contributed by atoms with Crippen molar-refractivity contribution in [2.45, 2.75) is 0 Å². The second kappa shape index (κ2) is 12.3. The van der Waals surface area contributed by atoms with Crippen molar-refractivity contribution < 1.29 is 4.42 Å². The first-order valence-electron chi connectivity index (χ1n) is 19.1. The lowest BCUT2D eigenvalue weighted by atomic mass is 10.1. The summed E-state index contributed by atoms with van der Waals surface area (Å²) in [6.45, 7) is 0. The fraction of sp³-hybridized carbons (Fsp3) is 0. The Balaban J connectivity index is 1.14. The number of nitrogens with zero attached hydrogens (tertiary/aromatic N) is 5. The summed E-state index contributed by atoms with van der Waals surface area (Å²) in [6.07, 6.45) is 0. The van der Waals surface area contributed by atoms with Crippen molar-refractivity contribution in [3.63, 3.8) is 0 Å². The molecule has 57 heavy (non-hydrogen) atoms. The first-order chi connectivity index (χ1) is 28.3. The minimum absolute atomic E-state index is 0.609. The van der Waals surface area contributed by atoms with Gasteiger partial charge in [-0.1, -0.05) is 140 Å². The molecule has 0 aliphatic rings. The maximum absolute atomic E-state index is 6.98. The maximum atomic E-state index is 6.98. The number of aromatic nitrogens is 5. The molecular formula is C51H31N5O. The van der Waals surface area contributed by atoms with Crippen LogP contribution in [0.25, 0.3) is 111 Å². The number of benzene rings is 8. The zero-order chi connectivity index (χ0) is 37.5. The highest BCUT2D eigenvalue weighted by Crippen LogP contribution is 2.43. The highest BCUT2D eigenvalue weighted by atomic mass is 16.3. The number of hydrogen-bond donors (Lipinski definition) is 0. The van der Waals surface area contributed by atoms with Gasteiger partial charge in [0.2, 0.25) is 0 Å². The van der Waals surface area contributed by atoms with Crippen molar-refractivity contribution in [1.82, 2.24) is 24.1 Å². The number of hydrogen-bond acceptors (Lipinski definition) is 4. The van der Waals surface area contributed by atoms with E-state index in [0.717, 1.165) is 82.8 Å². The van der Waals surface area contributed by atoms with Crippen molar-refractivity contribution >= 4 is 65.6 Å². The van der Waals surface area contributed by atoms with Crippen LogP contribution in [0.1, 0.15) is 0 Å². The third-order valence-corrected chi connectivity index (χ3v) is 11.2. The summed E-state index contributed by atoms with van der Waals surface area (Å²) in [5, 5.41) is 6.79. The summed E-state index contributed by atoms with van der Waals surface area (Å²) < 4.78 is 11.6. The van der Waals surface area contributed by atoms with Crippen molar-refractivity contribution in [2.24, 2.45) is 0 Å². The van der Waals surface area contributed by atoms with E-state index in [0.29, 0.717) is 17.5 Å². The van der Waals surface area contributed by atoms with E-state index in [1.165, 1.54) is 10.8 Å². The first-order valence-corrected chi connectivity index (χ1v) is 19.1. The Kier molecular flexibility index (Phi) is 6.83. The van der Waals surface area contributed by atoms with E-state index in [-0.39, 0.29) is 0 Å². The summed E-state index contributed by atoms with van der Waals surface area (Å²) in [5.74, 6) is 1.86. The van der Waals surface area contributed by atoms with Crippen LogP contribution in [0.4, 0.5) is 0 Å². The van der Waals surface area contributed by atoms with E-state index < -0.39 is 0 Å². The highest BCUT2D eigenvalue weighted by Gasteiger charge is 2.23. The van der Waals surface area contributed by atoms with Gasteiger partial charge in [0.25, 0.3) is 0 Å². The molecule has 0 amide bonds. The zero-order valence-corrected chi connectivity index (χ0v) is 30.5. The smallest absolute Gasteiger partial charge is 0.166 e. The molecule has 0 aliphatic heterocycles. The van der Waals surface area contributed by atoms with Crippen molar-refractivity contribution in [3.8, 4) is 45.5 Å². The molecule has 0 N–H and O–H groups in total. The van der Waals surface area contributed by atoms with Crippen LogP contribution in [0, 0.1) is 0 Å². The molecular weight excluding hydrogens is 699 g/mol. The van der Waals surface area contributed by atoms with Crippen LogP contribution in [0.2, 0.25) is 0 Å². The number of para-hydroxylation sites is 5. The van der Waals surface area contributed by atoms with E-state index in [2.05, 4.69) is 137 Å². The molecule has 0 saturated heterocycles. The zero-order valence-electron chi connectivity index (χ0n) is 30.5. The molecule has 12 rings (SSSR count). The molecule has 6 heteroatoms. The van der Waals surface area contributed by atoms with Crippen LogP contribution < -0.4 is 0 Å². The maximum Gasteiger partial charge on any atom is 0.166 e. The average Bonchev–Trinajstić information content (AvgIpc) is 3.93. The molecule has 0 fully saturated rings. The number of fused-ring (bicyclic) bond motifs is 9. The molecule has 0 unspecified atom stereocenters. The van der Waals surface area contributed by atoms with Crippen LogP contribution in [-0.4, -0.2) is 24.1 Å². The van der Waals surface area contributed by atoms with Gasteiger partial charge in [-0.15, -0.1) is 0 Å². The second-order valence-electron chi connectivity index (χ2n) is 14.4. The Morgan fingerprint density at radius 2 is 0.912 bits per heavy atom. The van der Waals surface area contributed by atoms with Crippen LogP contribution in [0.5, 0.6) is 0 Å². The predicted molar refractivity (Wildman–Crippen MR) is 232 cm³/mol. The van der Waals surface area contributed by atoms with Gasteiger partial charge < -0.3 is 13.6 Å². The Morgan fingerprint density at radius 3 is 1.58 bits per heavy atom. The lowest BCUT2D eigenvalue weighted by Gasteiger charge is -2.12. The molecule has 8 aromatic carbocycles. The summed E-state index contributed by atoms with van der Waals surface area (Å²) in [4.78, 5) is 15.3. The SMILES string of the molecule is c1ccc(-c2nc(-c3ccccc3)nc(-c3cccc4c5cc6c(cc5n(-c5ccccc5)c34)oc3c(-n4c5ccccc5c5ccccc54)cccc36)n2)cc1. The molecule has 4 heterocycles. The Bertz CT molecular complexity index is 3400. The van der Waals surface area contributed by atoms with Gasteiger partial charge in [0.05, 0.1) is 27.8 Å². The van der Waals surface area contributed by atoms with Crippen molar-refractivity contribution in [3.05, 3.63) is 188 Å². The van der Waals surface area contributed by atoms with Crippen LogP contribution in [0.15, 0.2) is 192 Å². The Hall–Kier alpha value is -7.83. The van der Waals surface area contributed by atoms with Gasteiger partial charge in [-0.3, -0.25) is 0 Å². The largest absolute Gasteiger partial charge is 0.454 e. The third-order valence-electron chi connectivity index (χ3n) is 11.2. The average molecular weight is 730 g/mol. The quantitative estimate of drug-likeness (QED) is 0.177. The van der Waals surface area contributed by atoms with Crippen LogP contribution in [-0.2, 0) is 0 Å². The van der Waals surface area contributed by atoms with Gasteiger partial charge in [0.15, 0.2) is 23.1 Å². The van der Waals surface area contributed by atoms with E-state index in [1.807, 2.05) is 60.7 Å². The molecule has 12 aromatic rings. The highest BCUT2D eigenvalue weighted by molar-refractivity contribution is 6.20. The van der Waals surface area contributed by atoms with E-state index in [1.54, 1.807) is 0 Å². The molecule has 0 radical (unpaired) electrons. The monoisotopic (exact) mass is 729 g/mol. The minimum atomic E-state index is 0.609. The predicted octanol–water partition coefficient (Wildman–Crippen LogP) is 13.0. The molecule has 6 nitrogen and oxygen atoms in total. The molecule has 266 valence electrons. The molecule has 4 aromatic heterocycles. The lowest BCUT2D eigenvalue weighted by Crippen LogP contribution is -2.02. The van der Waals surface area contributed by atoms with Crippen LogP contribution in [0.3, 0.4) is 0 Å². The van der Waals surface area contributed by atoms with Gasteiger partial charge in [0, 0.05) is 60.8 Å². The topological polar surface area (TPSA) is 61.7 Å². The standard InChI is InChI=1S/C51H31N5O/c1-4-16-32(17-5-1)49-52-50(33-18-6-2-7-19-33)54-51(53-49)39-26-14-24-37-40-30-41-38-25-15-29-44(56-42-27-12-10-22-35(42)36-23-11-13-28-43(36)56)48(38)57-46(41)31-45(40)55(47(37)39)34-20-8-3-9-21-34/h1-31H. The molecule has 0 aliphatic carbocycles. The normalized spacial score (nSPS) is 11.9. The number of rotatable bonds is 5. The van der Waals surface area contributed by atoms with Crippen molar-refractivity contribution in [2.75, 3.05) is 0 Å². The Morgan fingerprint density at radius 1 is 0.368 bits per heavy atom. The van der Waals surface area contributed by atoms with Crippen LogP contribution >= 0.6 is 0 Å². The van der Waals surface area contributed by atoms with E-state index >= 15 is 0 Å². The molecule has 0 spiro atoms. The molecule has 0 saturated carbocycles. The van der Waals surface area contributed by atoms with Gasteiger partial charge in [-0.2, -0.15) is 0 Å². The summed E-state index contributed by atoms with van der Waals surface area (Å²) in [6, 6.07) is 65.4. The fourth-order valence-electron chi connectivity index (χ4n) is 8.65. The van der Waals surface area contributed by atoms with Gasteiger partial charge >= 0.3 is 0 Å². The first kappa shape index (κ1) is 31.5. The lowest BCUT2D eigenvalue weighted by molar-refractivity contribution is 0.666. The van der Waals surface area contributed by atoms with Gasteiger partial charge in [0.1, 0.15) is 5.58 Å². The number of furan rings is 1. The molecule has 0 bridgehead atoms. The summed E-state index contributed by atoms with van der Waals surface area (Å²) >= 11 is 0. The van der Waals surface area contributed by atoms with Crippen molar-refractivity contribution in [1.29, 1.82) is 0 Å². The van der Waals surface area contributed by atoms with Gasteiger partial charge in [-0.05, 0) is 42.5 Å². The summed E-state index contributed by atoms with van der Waals surface area (Å²) in [5.41, 5.74) is 10.9. The Labute approximate surface area is 326 Å². The van der Waals surface area contributed by atoms with E-state index in [4.69, 9.17) is 19.4 Å².